The summed E-state index contributed by atoms with van der Waals surface area (Å²) in [5.41, 5.74) is -1.53. The minimum atomic E-state index is -3.89. The number of nitrogens with one attached hydrogen (secondary N) is 2. The van der Waals surface area contributed by atoms with Gasteiger partial charge < -0.3 is 9.30 Å². The summed E-state index contributed by atoms with van der Waals surface area (Å²) in [6.07, 6.45) is 1.51. The molecule has 0 aliphatic heterocycles. The van der Waals surface area contributed by atoms with Crippen LogP contribution in [0.15, 0.2) is 32.7 Å². The molecular formula is C19H22FN5O6S. The first kappa shape index (κ1) is 23.3. The number of benzene rings is 1. The molecule has 13 heteroatoms. The van der Waals surface area contributed by atoms with Crippen LogP contribution in [0.25, 0.3) is 11.2 Å². The molecule has 3 rings (SSSR count). The van der Waals surface area contributed by atoms with E-state index in [0.717, 1.165) is 24.6 Å². The second-order valence-electron chi connectivity index (χ2n) is 6.95. The fourth-order valence-electron chi connectivity index (χ4n) is 3.10. The van der Waals surface area contributed by atoms with Crippen molar-refractivity contribution in [3.05, 3.63) is 56.2 Å². The van der Waals surface area contributed by atoms with Crippen molar-refractivity contribution in [3.63, 3.8) is 0 Å². The molecule has 0 bridgehead atoms. The number of aromatic amines is 1. The Kier molecular flexibility index (Phi) is 6.60. The van der Waals surface area contributed by atoms with Gasteiger partial charge in [0.2, 0.25) is 10.0 Å². The van der Waals surface area contributed by atoms with E-state index in [-0.39, 0.29) is 21.9 Å². The van der Waals surface area contributed by atoms with E-state index in [1.807, 2.05) is 6.92 Å². The SMILES string of the molecule is CCCCn1c(=O)[nH]c(=O)c2c1nc(COC(=O)c1cc(S(=O)(=O)NC)ccc1F)n2C. The van der Waals surface area contributed by atoms with E-state index in [1.165, 1.54) is 23.2 Å². The first-order valence-corrected chi connectivity index (χ1v) is 11.2. The number of aryl methyl sites for hydroxylation is 2. The van der Waals surface area contributed by atoms with Crippen molar-refractivity contribution < 1.29 is 22.3 Å². The van der Waals surface area contributed by atoms with Gasteiger partial charge in [-0.05, 0) is 31.7 Å². The quantitative estimate of drug-likeness (QED) is 0.462. The number of H-pyrrole nitrogens is 1. The van der Waals surface area contributed by atoms with Gasteiger partial charge in [0.25, 0.3) is 5.56 Å². The summed E-state index contributed by atoms with van der Waals surface area (Å²) in [6.45, 7) is 1.86. The molecule has 0 atom stereocenters. The second-order valence-corrected chi connectivity index (χ2v) is 8.84. The lowest BCUT2D eigenvalue weighted by atomic mass is 10.2. The predicted molar refractivity (Wildman–Crippen MR) is 112 cm³/mol. The first-order valence-electron chi connectivity index (χ1n) is 9.69. The summed E-state index contributed by atoms with van der Waals surface area (Å²) in [4.78, 5) is 43.1. The number of aromatic nitrogens is 4. The standard InChI is InChI=1S/C19H22FN5O6S/c1-4-5-8-25-16-15(17(26)23-19(25)28)24(3)14(22-16)10-31-18(27)12-9-11(6-7-13(12)20)32(29,30)21-2/h6-7,9,21H,4-5,8,10H2,1-3H3,(H,23,26,28). The molecule has 0 aliphatic rings. The molecule has 0 spiro atoms. The van der Waals surface area contributed by atoms with Crippen LogP contribution in [0, 0.1) is 5.82 Å². The van der Waals surface area contributed by atoms with Gasteiger partial charge in [-0.2, -0.15) is 0 Å². The average molecular weight is 467 g/mol. The highest BCUT2D eigenvalue weighted by atomic mass is 32.2. The number of fused-ring (bicyclic) bond motifs is 1. The third kappa shape index (κ3) is 4.34. The molecule has 0 saturated heterocycles. The largest absolute Gasteiger partial charge is 0.454 e. The Balaban J connectivity index is 1.93. The van der Waals surface area contributed by atoms with Crippen LogP contribution < -0.4 is 16.0 Å². The van der Waals surface area contributed by atoms with E-state index in [2.05, 4.69) is 14.7 Å². The molecule has 2 N–H and O–H groups in total. The Labute approximate surface area is 181 Å². The molecule has 2 aromatic heterocycles. The van der Waals surface area contributed by atoms with Gasteiger partial charge in [-0.15, -0.1) is 0 Å². The molecule has 172 valence electrons. The molecule has 0 unspecified atom stereocenters. The molecule has 0 saturated carbocycles. The smallest absolute Gasteiger partial charge is 0.341 e. The Hall–Kier alpha value is -3.32. The van der Waals surface area contributed by atoms with Gasteiger partial charge in [0.15, 0.2) is 11.2 Å². The normalized spacial score (nSPS) is 11.8. The number of unbranched alkanes of at least 4 members (excludes halogenated alkanes) is 1. The van der Waals surface area contributed by atoms with Crippen LogP contribution in [0.5, 0.6) is 0 Å². The van der Waals surface area contributed by atoms with E-state index < -0.39 is 45.2 Å². The number of esters is 1. The van der Waals surface area contributed by atoms with Crippen LogP contribution in [-0.2, 0) is 35.0 Å². The van der Waals surface area contributed by atoms with Gasteiger partial charge in [0.05, 0.1) is 10.5 Å². The number of hydrogen-bond donors (Lipinski definition) is 2. The Morgan fingerprint density at radius 3 is 2.69 bits per heavy atom. The number of imidazole rings is 1. The summed E-state index contributed by atoms with van der Waals surface area (Å²) < 4.78 is 47.9. The maximum absolute atomic E-state index is 14.1. The van der Waals surface area contributed by atoms with Crippen LogP contribution in [0.2, 0.25) is 0 Å². The average Bonchev–Trinajstić information content (AvgIpc) is 3.08. The highest BCUT2D eigenvalue weighted by Crippen LogP contribution is 2.17. The lowest BCUT2D eigenvalue weighted by Gasteiger charge is -2.08. The maximum Gasteiger partial charge on any atom is 0.341 e. The van der Waals surface area contributed by atoms with Crippen molar-refractivity contribution in [1.29, 1.82) is 0 Å². The van der Waals surface area contributed by atoms with Crippen molar-refractivity contribution in [2.24, 2.45) is 7.05 Å². The number of carbonyl (C=O) groups excluding carboxylic acids is 1. The molecule has 1 aromatic carbocycles. The van der Waals surface area contributed by atoms with Gasteiger partial charge in [0, 0.05) is 13.6 Å². The van der Waals surface area contributed by atoms with Crippen LogP contribution in [-0.4, -0.2) is 40.5 Å². The van der Waals surface area contributed by atoms with Crippen LogP contribution in [0.1, 0.15) is 35.9 Å². The number of sulfonamides is 1. The summed E-state index contributed by atoms with van der Waals surface area (Å²) in [6, 6.07) is 2.73. The van der Waals surface area contributed by atoms with Crippen molar-refractivity contribution in [1.82, 2.24) is 23.8 Å². The van der Waals surface area contributed by atoms with Crippen molar-refractivity contribution in [2.75, 3.05) is 7.05 Å². The van der Waals surface area contributed by atoms with Gasteiger partial charge in [-0.1, -0.05) is 13.3 Å². The summed E-state index contributed by atoms with van der Waals surface area (Å²) in [7, 11) is -1.19. The molecule has 0 radical (unpaired) electrons. The van der Waals surface area contributed by atoms with E-state index in [4.69, 9.17) is 4.74 Å². The minimum absolute atomic E-state index is 0.125. The zero-order valence-corrected chi connectivity index (χ0v) is 18.5. The van der Waals surface area contributed by atoms with Crippen LogP contribution in [0.4, 0.5) is 4.39 Å². The molecule has 32 heavy (non-hydrogen) atoms. The molecule has 3 aromatic rings. The monoisotopic (exact) mass is 467 g/mol. The number of carbonyl (C=O) groups is 1. The highest BCUT2D eigenvalue weighted by molar-refractivity contribution is 7.89. The lowest BCUT2D eigenvalue weighted by Crippen LogP contribution is -2.31. The summed E-state index contributed by atoms with van der Waals surface area (Å²) in [5, 5.41) is 0. The molecule has 0 amide bonds. The molecule has 2 heterocycles. The molecular weight excluding hydrogens is 445 g/mol. The van der Waals surface area contributed by atoms with Crippen molar-refractivity contribution in [2.45, 2.75) is 37.8 Å². The molecule has 0 fully saturated rings. The third-order valence-corrected chi connectivity index (χ3v) is 6.32. The topological polar surface area (TPSA) is 145 Å². The van der Waals surface area contributed by atoms with Crippen molar-refractivity contribution >= 4 is 27.2 Å². The van der Waals surface area contributed by atoms with E-state index in [1.54, 1.807) is 0 Å². The van der Waals surface area contributed by atoms with E-state index in [0.29, 0.717) is 13.0 Å². The zero-order chi connectivity index (χ0) is 23.6. The van der Waals surface area contributed by atoms with Crippen LogP contribution in [0.3, 0.4) is 0 Å². The number of ether oxygens (including phenoxy) is 1. The predicted octanol–water partition coefficient (Wildman–Crippen LogP) is 0.628. The maximum atomic E-state index is 14.1. The van der Waals surface area contributed by atoms with E-state index >= 15 is 0 Å². The Bertz CT molecular complexity index is 1410. The second kappa shape index (κ2) is 9.04. The number of nitrogens with zero attached hydrogens (tertiary/aromatic N) is 3. The van der Waals surface area contributed by atoms with Crippen molar-refractivity contribution in [3.8, 4) is 0 Å². The number of hydrogen-bond acceptors (Lipinski definition) is 7. The Morgan fingerprint density at radius 1 is 1.31 bits per heavy atom. The summed E-state index contributed by atoms with van der Waals surface area (Å²) in [5.74, 6) is -1.92. The fraction of sp³-hybridized carbons (Fsp3) is 0.368. The van der Waals surface area contributed by atoms with Crippen LogP contribution >= 0.6 is 0 Å². The van der Waals surface area contributed by atoms with Gasteiger partial charge in [-0.3, -0.25) is 14.3 Å². The van der Waals surface area contributed by atoms with Gasteiger partial charge >= 0.3 is 11.7 Å². The summed E-state index contributed by atoms with van der Waals surface area (Å²) >= 11 is 0. The van der Waals surface area contributed by atoms with E-state index in [9.17, 15) is 27.2 Å². The minimum Gasteiger partial charge on any atom is -0.454 e. The zero-order valence-electron chi connectivity index (χ0n) is 17.6. The lowest BCUT2D eigenvalue weighted by molar-refractivity contribution is 0.0454. The molecule has 0 aliphatic carbocycles. The Morgan fingerprint density at radius 2 is 2.03 bits per heavy atom. The van der Waals surface area contributed by atoms with Gasteiger partial charge in [-0.25, -0.2) is 32.1 Å². The molecule has 11 nitrogen and oxygen atoms in total. The first-order chi connectivity index (χ1) is 15.1. The number of rotatable bonds is 8. The van der Waals surface area contributed by atoms with Gasteiger partial charge in [0.1, 0.15) is 18.2 Å². The highest BCUT2D eigenvalue weighted by Gasteiger charge is 2.21. The third-order valence-electron chi connectivity index (χ3n) is 4.91. The number of halogens is 1. The fourth-order valence-corrected chi connectivity index (χ4v) is 3.85.